The summed E-state index contributed by atoms with van der Waals surface area (Å²) in [6.45, 7) is 1.23. The normalized spacial score (nSPS) is 10.5. The average Bonchev–Trinajstić information content (AvgIpc) is 2.88. The fraction of sp³-hybridized carbons (Fsp3) is 0.115. The van der Waals surface area contributed by atoms with E-state index < -0.39 is 30.0 Å². The minimum Gasteiger partial charge on any atom is -0.462 e. The predicted molar refractivity (Wildman–Crippen MR) is 129 cm³/mol. The third-order valence-electron chi connectivity index (χ3n) is 5.03. The molecule has 1 amide bonds. The number of nitrogens with zero attached hydrogens (tertiary/aromatic N) is 2. The van der Waals surface area contributed by atoms with E-state index in [9.17, 15) is 19.2 Å². The third-order valence-corrected chi connectivity index (χ3v) is 5.03. The predicted octanol–water partition coefficient (Wildman–Crippen LogP) is 3.36. The molecule has 176 valence electrons. The van der Waals surface area contributed by atoms with Gasteiger partial charge >= 0.3 is 11.9 Å². The molecule has 0 atom stereocenters. The minimum atomic E-state index is -0.875. The van der Waals surface area contributed by atoms with Gasteiger partial charge < -0.3 is 14.8 Å². The molecule has 9 heteroatoms. The van der Waals surface area contributed by atoms with Gasteiger partial charge in [0.2, 0.25) is 0 Å². The number of esters is 2. The van der Waals surface area contributed by atoms with Crippen molar-refractivity contribution < 1.29 is 23.9 Å². The highest BCUT2D eigenvalue weighted by molar-refractivity contribution is 6.04. The topological polar surface area (TPSA) is 117 Å². The van der Waals surface area contributed by atoms with Crippen molar-refractivity contribution in [3.05, 3.63) is 100 Å². The van der Waals surface area contributed by atoms with Crippen molar-refractivity contribution in [1.82, 2.24) is 9.78 Å². The van der Waals surface area contributed by atoms with E-state index in [4.69, 9.17) is 9.47 Å². The number of ether oxygens (including phenoxy) is 2. The highest BCUT2D eigenvalue weighted by atomic mass is 16.5. The summed E-state index contributed by atoms with van der Waals surface area (Å²) in [4.78, 5) is 50.4. The van der Waals surface area contributed by atoms with Gasteiger partial charge in [0.15, 0.2) is 12.3 Å². The van der Waals surface area contributed by atoms with Gasteiger partial charge in [0.1, 0.15) is 0 Å². The minimum absolute atomic E-state index is 0.108. The summed E-state index contributed by atoms with van der Waals surface area (Å²) in [6.07, 6.45) is 0. The number of fused-ring (bicyclic) bond motifs is 1. The molecule has 0 saturated heterocycles. The van der Waals surface area contributed by atoms with Crippen molar-refractivity contribution in [2.45, 2.75) is 6.92 Å². The second-order valence-electron chi connectivity index (χ2n) is 7.34. The van der Waals surface area contributed by atoms with Crippen molar-refractivity contribution in [3.63, 3.8) is 0 Å². The van der Waals surface area contributed by atoms with E-state index >= 15 is 0 Å². The zero-order valence-electron chi connectivity index (χ0n) is 18.8. The van der Waals surface area contributed by atoms with Gasteiger partial charge in [-0.05, 0) is 37.3 Å². The molecule has 0 unspecified atom stereocenters. The number of hydrogen-bond donors (Lipinski definition) is 1. The lowest BCUT2D eigenvalue weighted by Crippen LogP contribution is -2.27. The number of benzene rings is 3. The van der Waals surface area contributed by atoms with Crippen LogP contribution in [0.3, 0.4) is 0 Å². The number of hydrogen-bond acceptors (Lipinski definition) is 7. The first-order valence-electron chi connectivity index (χ1n) is 10.8. The fourth-order valence-corrected chi connectivity index (χ4v) is 3.45. The molecule has 0 aliphatic heterocycles. The van der Waals surface area contributed by atoms with Gasteiger partial charge in [-0.15, -0.1) is 0 Å². The highest BCUT2D eigenvalue weighted by Gasteiger charge is 2.20. The quantitative estimate of drug-likeness (QED) is 0.411. The average molecular weight is 471 g/mol. The van der Waals surface area contributed by atoms with Gasteiger partial charge in [-0.1, -0.05) is 48.5 Å². The molecule has 0 aliphatic rings. The molecule has 0 spiro atoms. The third kappa shape index (κ3) is 5.09. The smallest absolute Gasteiger partial charge is 0.359 e. The first-order valence-corrected chi connectivity index (χ1v) is 10.8. The molecule has 1 N–H and O–H groups in total. The van der Waals surface area contributed by atoms with Crippen LogP contribution >= 0.6 is 0 Å². The number of nitrogens with one attached hydrogen (secondary N) is 1. The Labute approximate surface area is 199 Å². The highest BCUT2D eigenvalue weighted by Crippen LogP contribution is 2.18. The molecule has 0 saturated carbocycles. The van der Waals surface area contributed by atoms with Gasteiger partial charge in [-0.3, -0.25) is 9.59 Å². The van der Waals surface area contributed by atoms with E-state index in [-0.39, 0.29) is 28.9 Å². The SMILES string of the molecule is CCOC(=O)c1ccccc1NC(=O)COC(=O)c1nn(-c2ccccc2)c(=O)c2ccccc12. The summed E-state index contributed by atoms with van der Waals surface area (Å²) >= 11 is 0. The maximum atomic E-state index is 13.0. The lowest BCUT2D eigenvalue weighted by molar-refractivity contribution is -0.119. The second-order valence-corrected chi connectivity index (χ2v) is 7.34. The molecule has 0 radical (unpaired) electrons. The standard InChI is InChI=1S/C26H21N3O6/c1-2-34-25(32)20-14-8-9-15-21(20)27-22(30)16-35-26(33)23-18-12-6-7-13-19(18)24(31)29(28-23)17-10-4-3-5-11-17/h3-15H,2,16H2,1H3,(H,27,30). The van der Waals surface area contributed by atoms with Crippen LogP contribution in [0, 0.1) is 0 Å². The summed E-state index contributed by atoms with van der Waals surface area (Å²) in [5.41, 5.74) is 0.385. The summed E-state index contributed by atoms with van der Waals surface area (Å²) in [5.74, 6) is -2.12. The molecule has 1 heterocycles. The summed E-state index contributed by atoms with van der Waals surface area (Å²) in [5, 5.41) is 7.37. The van der Waals surface area contributed by atoms with Crippen molar-refractivity contribution in [2.24, 2.45) is 0 Å². The molecule has 3 aromatic carbocycles. The summed E-state index contributed by atoms with van der Waals surface area (Å²) in [7, 11) is 0. The Morgan fingerprint density at radius 3 is 2.23 bits per heavy atom. The van der Waals surface area contributed by atoms with E-state index in [2.05, 4.69) is 10.4 Å². The Kier molecular flexibility index (Phi) is 6.96. The Balaban J connectivity index is 1.56. The van der Waals surface area contributed by atoms with Crippen molar-refractivity contribution in [3.8, 4) is 5.69 Å². The van der Waals surface area contributed by atoms with E-state index in [0.29, 0.717) is 11.1 Å². The number of rotatable bonds is 7. The molecular formula is C26H21N3O6. The molecule has 9 nitrogen and oxygen atoms in total. The fourth-order valence-electron chi connectivity index (χ4n) is 3.45. The van der Waals surface area contributed by atoms with Crippen molar-refractivity contribution in [1.29, 1.82) is 0 Å². The Morgan fingerprint density at radius 2 is 1.49 bits per heavy atom. The van der Waals surface area contributed by atoms with Crippen LogP contribution in [0.1, 0.15) is 27.8 Å². The van der Waals surface area contributed by atoms with Crippen LogP contribution in [0.5, 0.6) is 0 Å². The second kappa shape index (κ2) is 10.4. The van der Waals surface area contributed by atoms with E-state index in [1.807, 2.05) is 0 Å². The van der Waals surface area contributed by atoms with E-state index in [1.165, 1.54) is 12.1 Å². The van der Waals surface area contributed by atoms with Gasteiger partial charge in [0.05, 0.1) is 28.9 Å². The van der Waals surface area contributed by atoms with Crippen LogP contribution in [0.25, 0.3) is 16.5 Å². The number of aromatic nitrogens is 2. The maximum absolute atomic E-state index is 13.0. The maximum Gasteiger partial charge on any atom is 0.359 e. The van der Waals surface area contributed by atoms with Crippen molar-refractivity contribution in [2.75, 3.05) is 18.5 Å². The number of amides is 1. The molecule has 35 heavy (non-hydrogen) atoms. The van der Waals surface area contributed by atoms with Gasteiger partial charge in [0.25, 0.3) is 11.5 Å². The Hall–Kier alpha value is -4.79. The first kappa shape index (κ1) is 23.4. The largest absolute Gasteiger partial charge is 0.462 e. The van der Waals surface area contributed by atoms with Crippen LogP contribution in [0.15, 0.2) is 83.7 Å². The van der Waals surface area contributed by atoms with Crippen LogP contribution in [0.2, 0.25) is 0 Å². The van der Waals surface area contributed by atoms with Crippen LogP contribution in [-0.2, 0) is 14.3 Å². The monoisotopic (exact) mass is 471 g/mol. The number of carbonyl (C=O) groups excluding carboxylic acids is 3. The van der Waals surface area contributed by atoms with E-state index in [0.717, 1.165) is 4.68 Å². The van der Waals surface area contributed by atoms with Gasteiger partial charge in [-0.25, -0.2) is 9.59 Å². The molecule has 4 rings (SSSR count). The van der Waals surface area contributed by atoms with Crippen LogP contribution < -0.4 is 10.9 Å². The molecule has 4 aromatic rings. The molecular weight excluding hydrogens is 450 g/mol. The van der Waals surface area contributed by atoms with Gasteiger partial charge in [-0.2, -0.15) is 9.78 Å². The number of para-hydroxylation sites is 2. The molecule has 1 aromatic heterocycles. The molecule has 0 aliphatic carbocycles. The summed E-state index contributed by atoms with van der Waals surface area (Å²) < 4.78 is 11.3. The first-order chi connectivity index (χ1) is 17.0. The molecule has 0 fully saturated rings. The van der Waals surface area contributed by atoms with Crippen molar-refractivity contribution >= 4 is 34.3 Å². The van der Waals surface area contributed by atoms with E-state index in [1.54, 1.807) is 73.7 Å². The zero-order chi connectivity index (χ0) is 24.8. The number of anilines is 1. The Morgan fingerprint density at radius 1 is 0.829 bits per heavy atom. The van der Waals surface area contributed by atoms with Gasteiger partial charge in [0, 0.05) is 5.39 Å². The lowest BCUT2D eigenvalue weighted by atomic mass is 10.1. The Bertz CT molecular complexity index is 1460. The lowest BCUT2D eigenvalue weighted by Gasteiger charge is -2.12. The molecule has 0 bridgehead atoms. The van der Waals surface area contributed by atoms with Crippen LogP contribution in [-0.4, -0.2) is 40.8 Å². The zero-order valence-corrected chi connectivity index (χ0v) is 18.8. The van der Waals surface area contributed by atoms with Crippen LogP contribution in [0.4, 0.5) is 5.69 Å². The summed E-state index contributed by atoms with van der Waals surface area (Å²) in [6, 6.07) is 21.5. The number of carbonyl (C=O) groups is 3.